The van der Waals surface area contributed by atoms with Crippen molar-refractivity contribution in [3.05, 3.63) is 47.4 Å². The summed E-state index contributed by atoms with van der Waals surface area (Å²) in [6, 6.07) is 7.27. The summed E-state index contributed by atoms with van der Waals surface area (Å²) >= 11 is 5.82. The standard InChI is InChI=1S/C20H23ClFN3O4/c1-13(26)24-18-4-3-15(22)8-19(18)28-12-16(27)10-25-7-6-17(11-25)29-20-5-2-14(21)9-23-20/h2-5,8-9,16-17,27H,6-7,10-12H2,1H3,(H,24,26)/t16-,17?/m0/s1. The number of carbonyl (C=O) groups excluding carboxylic acids is 1. The van der Waals surface area contributed by atoms with E-state index in [1.165, 1.54) is 31.3 Å². The molecular weight excluding hydrogens is 401 g/mol. The number of likely N-dealkylation sites (tertiary alicyclic amines) is 1. The van der Waals surface area contributed by atoms with Gasteiger partial charge in [-0.15, -0.1) is 0 Å². The quantitative estimate of drug-likeness (QED) is 0.679. The first-order chi connectivity index (χ1) is 13.9. The molecule has 2 aromatic rings. The first-order valence-electron chi connectivity index (χ1n) is 9.27. The summed E-state index contributed by atoms with van der Waals surface area (Å²) in [4.78, 5) is 17.4. The zero-order valence-corrected chi connectivity index (χ0v) is 16.7. The molecule has 1 aromatic heterocycles. The minimum atomic E-state index is -0.782. The average molecular weight is 424 g/mol. The highest BCUT2D eigenvalue weighted by molar-refractivity contribution is 6.30. The van der Waals surface area contributed by atoms with Gasteiger partial charge in [-0.3, -0.25) is 9.69 Å². The minimum absolute atomic E-state index is 0.0219. The molecule has 1 amide bonds. The second kappa shape index (κ2) is 9.87. The number of aromatic nitrogens is 1. The molecule has 156 valence electrons. The molecule has 2 heterocycles. The third-order valence-electron chi connectivity index (χ3n) is 4.37. The van der Waals surface area contributed by atoms with Crippen molar-refractivity contribution in [1.29, 1.82) is 0 Å². The molecule has 0 aliphatic carbocycles. The summed E-state index contributed by atoms with van der Waals surface area (Å²) in [5.41, 5.74) is 0.358. The Hall–Kier alpha value is -2.42. The van der Waals surface area contributed by atoms with Gasteiger partial charge in [-0.05, 0) is 24.6 Å². The van der Waals surface area contributed by atoms with E-state index in [9.17, 15) is 14.3 Å². The Kier molecular flexibility index (Phi) is 7.24. The highest BCUT2D eigenvalue weighted by Crippen LogP contribution is 2.26. The van der Waals surface area contributed by atoms with Crippen LogP contribution in [0.25, 0.3) is 0 Å². The number of pyridine rings is 1. The predicted octanol–water partition coefficient (Wildman–Crippen LogP) is 2.73. The van der Waals surface area contributed by atoms with Crippen LogP contribution in [0.3, 0.4) is 0 Å². The van der Waals surface area contributed by atoms with Crippen molar-refractivity contribution in [1.82, 2.24) is 9.88 Å². The van der Waals surface area contributed by atoms with Crippen LogP contribution in [-0.2, 0) is 4.79 Å². The number of β-amino-alcohol motifs (C(OH)–C–C–N with tert-alkyl or cyclic N) is 1. The molecule has 2 atom stereocenters. The number of ether oxygens (including phenoxy) is 2. The van der Waals surface area contributed by atoms with E-state index in [1.54, 1.807) is 12.1 Å². The largest absolute Gasteiger partial charge is 0.489 e. The van der Waals surface area contributed by atoms with Gasteiger partial charge in [-0.2, -0.15) is 0 Å². The van der Waals surface area contributed by atoms with E-state index in [4.69, 9.17) is 21.1 Å². The third kappa shape index (κ3) is 6.56. The van der Waals surface area contributed by atoms with Crippen LogP contribution in [0, 0.1) is 5.82 Å². The predicted molar refractivity (Wildman–Crippen MR) is 107 cm³/mol. The van der Waals surface area contributed by atoms with Gasteiger partial charge in [0, 0.05) is 44.9 Å². The van der Waals surface area contributed by atoms with Crippen LogP contribution >= 0.6 is 11.6 Å². The highest BCUT2D eigenvalue weighted by atomic mass is 35.5. The van der Waals surface area contributed by atoms with Crippen molar-refractivity contribution >= 4 is 23.2 Å². The number of benzene rings is 1. The van der Waals surface area contributed by atoms with Gasteiger partial charge in [-0.25, -0.2) is 9.37 Å². The van der Waals surface area contributed by atoms with Gasteiger partial charge in [0.25, 0.3) is 0 Å². The Balaban J connectivity index is 1.46. The number of amides is 1. The van der Waals surface area contributed by atoms with Crippen LogP contribution in [0.4, 0.5) is 10.1 Å². The molecule has 0 spiro atoms. The number of rotatable bonds is 8. The fourth-order valence-electron chi connectivity index (χ4n) is 3.11. The zero-order valence-electron chi connectivity index (χ0n) is 16.0. The number of carbonyl (C=O) groups is 1. The van der Waals surface area contributed by atoms with E-state index in [-0.39, 0.29) is 24.4 Å². The first-order valence-corrected chi connectivity index (χ1v) is 9.65. The number of aliphatic hydroxyl groups is 1. The first kappa shape index (κ1) is 21.3. The van der Waals surface area contributed by atoms with Gasteiger partial charge in [0.05, 0.1) is 10.7 Å². The second-order valence-electron chi connectivity index (χ2n) is 6.89. The number of nitrogens with one attached hydrogen (secondary N) is 1. The van der Waals surface area contributed by atoms with Crippen molar-refractivity contribution in [2.24, 2.45) is 0 Å². The third-order valence-corrected chi connectivity index (χ3v) is 4.59. The molecule has 0 radical (unpaired) electrons. The smallest absolute Gasteiger partial charge is 0.221 e. The number of hydrogen-bond acceptors (Lipinski definition) is 6. The summed E-state index contributed by atoms with van der Waals surface area (Å²) in [6.45, 7) is 3.13. The Morgan fingerprint density at radius 3 is 3.00 bits per heavy atom. The molecule has 1 aliphatic rings. The summed E-state index contributed by atoms with van der Waals surface area (Å²) in [7, 11) is 0. The van der Waals surface area contributed by atoms with Crippen molar-refractivity contribution in [3.8, 4) is 11.6 Å². The molecule has 1 fully saturated rings. The summed E-state index contributed by atoms with van der Waals surface area (Å²) in [5.74, 6) is -0.0864. The summed E-state index contributed by atoms with van der Waals surface area (Å²) in [5, 5.41) is 13.4. The zero-order chi connectivity index (χ0) is 20.8. The maximum atomic E-state index is 13.5. The van der Waals surface area contributed by atoms with Gasteiger partial charge in [-0.1, -0.05) is 11.6 Å². The minimum Gasteiger partial charge on any atom is -0.489 e. The lowest BCUT2D eigenvalue weighted by Gasteiger charge is -2.21. The normalized spacial score (nSPS) is 17.7. The number of hydrogen-bond donors (Lipinski definition) is 2. The number of anilines is 1. The SMILES string of the molecule is CC(=O)Nc1ccc(F)cc1OC[C@@H](O)CN1CCC(Oc2ccc(Cl)cn2)C1. The topological polar surface area (TPSA) is 83.9 Å². The molecule has 3 rings (SSSR count). The molecular formula is C20H23ClFN3O4. The van der Waals surface area contributed by atoms with Crippen LogP contribution in [0.1, 0.15) is 13.3 Å². The van der Waals surface area contributed by atoms with Crippen molar-refractivity contribution in [2.45, 2.75) is 25.6 Å². The van der Waals surface area contributed by atoms with Crippen molar-refractivity contribution < 1.29 is 23.8 Å². The molecule has 29 heavy (non-hydrogen) atoms. The van der Waals surface area contributed by atoms with E-state index in [0.29, 0.717) is 29.7 Å². The van der Waals surface area contributed by atoms with Crippen LogP contribution < -0.4 is 14.8 Å². The van der Waals surface area contributed by atoms with Crippen LogP contribution in [0.2, 0.25) is 5.02 Å². The summed E-state index contributed by atoms with van der Waals surface area (Å²) in [6.07, 6.45) is 1.54. The van der Waals surface area contributed by atoms with E-state index >= 15 is 0 Å². The van der Waals surface area contributed by atoms with Gasteiger partial charge in [0.15, 0.2) is 0 Å². The molecule has 1 unspecified atom stereocenters. The Bertz CT molecular complexity index is 837. The van der Waals surface area contributed by atoms with Crippen LogP contribution in [-0.4, -0.2) is 59.3 Å². The van der Waals surface area contributed by atoms with Gasteiger partial charge < -0.3 is 19.9 Å². The Labute approximate surface area is 173 Å². The van der Waals surface area contributed by atoms with Gasteiger partial charge in [0.2, 0.25) is 11.8 Å². The molecule has 1 saturated heterocycles. The lowest BCUT2D eigenvalue weighted by Crippen LogP contribution is -2.35. The second-order valence-corrected chi connectivity index (χ2v) is 7.33. The molecule has 2 N–H and O–H groups in total. The molecule has 1 aromatic carbocycles. The van der Waals surface area contributed by atoms with E-state index in [2.05, 4.69) is 15.2 Å². The number of nitrogens with zero attached hydrogens (tertiary/aromatic N) is 2. The van der Waals surface area contributed by atoms with Gasteiger partial charge >= 0.3 is 0 Å². The fourth-order valence-corrected chi connectivity index (χ4v) is 3.22. The number of aliphatic hydroxyl groups excluding tert-OH is 1. The lowest BCUT2D eigenvalue weighted by atomic mass is 10.2. The van der Waals surface area contributed by atoms with E-state index in [1.807, 2.05) is 0 Å². The van der Waals surface area contributed by atoms with E-state index in [0.717, 1.165) is 13.0 Å². The molecule has 9 heteroatoms. The Morgan fingerprint density at radius 1 is 1.45 bits per heavy atom. The fraction of sp³-hybridized carbons (Fsp3) is 0.400. The van der Waals surface area contributed by atoms with Crippen molar-refractivity contribution in [3.63, 3.8) is 0 Å². The molecule has 7 nitrogen and oxygen atoms in total. The van der Waals surface area contributed by atoms with Crippen molar-refractivity contribution in [2.75, 3.05) is 31.6 Å². The van der Waals surface area contributed by atoms with Crippen LogP contribution in [0.15, 0.2) is 36.5 Å². The maximum Gasteiger partial charge on any atom is 0.221 e. The molecule has 0 bridgehead atoms. The number of halogens is 2. The highest BCUT2D eigenvalue weighted by Gasteiger charge is 2.26. The van der Waals surface area contributed by atoms with Crippen LogP contribution in [0.5, 0.6) is 11.6 Å². The molecule has 1 aliphatic heterocycles. The monoisotopic (exact) mass is 423 g/mol. The maximum absolute atomic E-state index is 13.5. The summed E-state index contributed by atoms with van der Waals surface area (Å²) < 4.78 is 24.9. The van der Waals surface area contributed by atoms with E-state index < -0.39 is 11.9 Å². The Morgan fingerprint density at radius 2 is 2.28 bits per heavy atom. The average Bonchev–Trinajstić information content (AvgIpc) is 3.10. The van der Waals surface area contributed by atoms with Gasteiger partial charge in [0.1, 0.15) is 30.4 Å². The lowest BCUT2D eigenvalue weighted by molar-refractivity contribution is -0.114. The molecule has 0 saturated carbocycles.